The standard InChI is InChI=1S/C22H20ClFN2O3S/c1-15-10-12-17(13-11-15)30(28,29)26(21-9-5-6-18(23)16(21)2)14-22(27)25-20-8-4-3-7-19(20)24/h3-13H,14H2,1-2H3,(H,25,27). The molecule has 0 atom stereocenters. The van der Waals surface area contributed by atoms with Crippen LogP contribution in [0.1, 0.15) is 11.1 Å². The van der Waals surface area contributed by atoms with Gasteiger partial charge in [0.2, 0.25) is 5.91 Å². The van der Waals surface area contributed by atoms with Gasteiger partial charge < -0.3 is 5.32 Å². The summed E-state index contributed by atoms with van der Waals surface area (Å²) in [5.74, 6) is -1.30. The van der Waals surface area contributed by atoms with Crippen molar-refractivity contribution in [2.24, 2.45) is 0 Å². The van der Waals surface area contributed by atoms with Gasteiger partial charge in [-0.3, -0.25) is 9.10 Å². The Morgan fingerprint density at radius 2 is 1.67 bits per heavy atom. The summed E-state index contributed by atoms with van der Waals surface area (Å²) in [4.78, 5) is 12.7. The van der Waals surface area contributed by atoms with Gasteiger partial charge in [-0.2, -0.15) is 0 Å². The van der Waals surface area contributed by atoms with E-state index < -0.39 is 28.3 Å². The van der Waals surface area contributed by atoms with E-state index in [-0.39, 0.29) is 16.3 Å². The third-order valence-electron chi connectivity index (χ3n) is 4.55. The molecule has 3 rings (SSSR count). The Bertz CT molecular complexity index is 1180. The third kappa shape index (κ3) is 4.63. The van der Waals surface area contributed by atoms with Crippen molar-refractivity contribution in [1.29, 1.82) is 0 Å². The number of nitrogens with zero attached hydrogens (tertiary/aromatic N) is 1. The Labute approximate surface area is 180 Å². The smallest absolute Gasteiger partial charge is 0.264 e. The number of aryl methyl sites for hydroxylation is 1. The number of amides is 1. The predicted octanol–water partition coefficient (Wildman–Crippen LogP) is 4.93. The highest BCUT2D eigenvalue weighted by Crippen LogP contribution is 2.31. The molecule has 30 heavy (non-hydrogen) atoms. The molecule has 0 heterocycles. The van der Waals surface area contributed by atoms with Gasteiger partial charge in [0.1, 0.15) is 12.4 Å². The minimum Gasteiger partial charge on any atom is -0.322 e. The average molecular weight is 447 g/mol. The monoisotopic (exact) mass is 446 g/mol. The van der Waals surface area contributed by atoms with Crippen LogP contribution < -0.4 is 9.62 Å². The molecule has 0 spiro atoms. The molecule has 3 aromatic rings. The Kier molecular flexibility index (Phi) is 6.43. The minimum atomic E-state index is -4.09. The van der Waals surface area contributed by atoms with E-state index in [1.54, 1.807) is 43.3 Å². The van der Waals surface area contributed by atoms with E-state index in [1.165, 1.54) is 30.3 Å². The van der Waals surface area contributed by atoms with Crippen LogP contribution in [-0.2, 0) is 14.8 Å². The van der Waals surface area contributed by atoms with Crippen LogP contribution in [0, 0.1) is 19.7 Å². The molecule has 8 heteroatoms. The topological polar surface area (TPSA) is 66.5 Å². The van der Waals surface area contributed by atoms with Crippen LogP contribution in [-0.4, -0.2) is 20.9 Å². The van der Waals surface area contributed by atoms with Crippen molar-refractivity contribution in [2.75, 3.05) is 16.2 Å². The molecule has 156 valence electrons. The molecule has 1 N–H and O–H groups in total. The van der Waals surface area contributed by atoms with Crippen molar-refractivity contribution in [2.45, 2.75) is 18.7 Å². The molecule has 3 aromatic carbocycles. The van der Waals surface area contributed by atoms with Crippen LogP contribution in [0.15, 0.2) is 71.6 Å². The largest absolute Gasteiger partial charge is 0.322 e. The lowest BCUT2D eigenvalue weighted by Crippen LogP contribution is -2.38. The van der Waals surface area contributed by atoms with Crippen LogP contribution in [0.5, 0.6) is 0 Å². The summed E-state index contributed by atoms with van der Waals surface area (Å²) >= 11 is 6.19. The van der Waals surface area contributed by atoms with Gasteiger partial charge in [-0.15, -0.1) is 0 Å². The van der Waals surface area contributed by atoms with Gasteiger partial charge >= 0.3 is 0 Å². The molecule has 0 fully saturated rings. The Hall–Kier alpha value is -2.90. The number of hydrogen-bond donors (Lipinski definition) is 1. The third-order valence-corrected chi connectivity index (χ3v) is 6.74. The second-order valence-corrected chi connectivity index (χ2v) is 9.01. The Morgan fingerprint density at radius 1 is 1.00 bits per heavy atom. The van der Waals surface area contributed by atoms with Crippen LogP contribution in [0.2, 0.25) is 5.02 Å². The van der Waals surface area contributed by atoms with E-state index in [9.17, 15) is 17.6 Å². The first-order valence-corrected chi connectivity index (χ1v) is 10.9. The fourth-order valence-electron chi connectivity index (χ4n) is 2.89. The van der Waals surface area contributed by atoms with Crippen molar-refractivity contribution in [1.82, 2.24) is 0 Å². The number of para-hydroxylation sites is 1. The number of carbonyl (C=O) groups is 1. The number of carbonyl (C=O) groups excluding carboxylic acids is 1. The summed E-state index contributed by atoms with van der Waals surface area (Å²) in [5, 5.41) is 2.79. The van der Waals surface area contributed by atoms with Crippen LogP contribution in [0.25, 0.3) is 0 Å². The molecule has 0 aliphatic heterocycles. The molecule has 1 amide bonds. The highest BCUT2D eigenvalue weighted by atomic mass is 35.5. The second kappa shape index (κ2) is 8.85. The predicted molar refractivity (Wildman–Crippen MR) is 117 cm³/mol. The van der Waals surface area contributed by atoms with Gasteiger partial charge in [-0.05, 0) is 55.8 Å². The fraction of sp³-hybridized carbons (Fsp3) is 0.136. The number of sulfonamides is 1. The van der Waals surface area contributed by atoms with E-state index in [2.05, 4.69) is 5.32 Å². The number of benzene rings is 3. The first-order valence-electron chi connectivity index (χ1n) is 9.09. The lowest BCUT2D eigenvalue weighted by atomic mass is 10.2. The molecule has 0 unspecified atom stereocenters. The number of halogens is 2. The van der Waals surface area contributed by atoms with Crippen LogP contribution in [0.3, 0.4) is 0 Å². The van der Waals surface area contributed by atoms with Gasteiger partial charge in [0.15, 0.2) is 0 Å². The fourth-order valence-corrected chi connectivity index (χ4v) is 4.53. The zero-order valence-corrected chi connectivity index (χ0v) is 18.0. The molecule has 0 radical (unpaired) electrons. The first-order chi connectivity index (χ1) is 14.2. The molecule has 0 bridgehead atoms. The van der Waals surface area contributed by atoms with Gasteiger partial charge in [0, 0.05) is 5.02 Å². The summed E-state index contributed by atoms with van der Waals surface area (Å²) in [6, 6.07) is 16.8. The average Bonchev–Trinajstić information content (AvgIpc) is 2.70. The molecule has 0 saturated carbocycles. The van der Waals surface area contributed by atoms with Crippen molar-refractivity contribution in [3.8, 4) is 0 Å². The van der Waals surface area contributed by atoms with Crippen molar-refractivity contribution in [3.63, 3.8) is 0 Å². The molecular formula is C22H20ClFN2O3S. The van der Waals surface area contributed by atoms with Crippen molar-refractivity contribution in [3.05, 3.63) is 88.7 Å². The molecule has 0 aromatic heterocycles. The van der Waals surface area contributed by atoms with Crippen LogP contribution in [0.4, 0.5) is 15.8 Å². The van der Waals surface area contributed by atoms with E-state index in [0.717, 1.165) is 9.87 Å². The molecule has 5 nitrogen and oxygen atoms in total. The number of nitrogens with one attached hydrogen (secondary N) is 1. The number of anilines is 2. The maximum Gasteiger partial charge on any atom is 0.264 e. The van der Waals surface area contributed by atoms with Crippen molar-refractivity contribution < 1.29 is 17.6 Å². The van der Waals surface area contributed by atoms with Gasteiger partial charge in [-0.1, -0.05) is 47.5 Å². The zero-order valence-electron chi connectivity index (χ0n) is 16.4. The quantitative estimate of drug-likeness (QED) is 0.583. The van der Waals surface area contributed by atoms with E-state index >= 15 is 0 Å². The molecule has 0 saturated heterocycles. The molecular weight excluding hydrogens is 427 g/mol. The Morgan fingerprint density at radius 3 is 2.33 bits per heavy atom. The summed E-state index contributed by atoms with van der Waals surface area (Å²) in [6.07, 6.45) is 0. The van der Waals surface area contributed by atoms with E-state index in [0.29, 0.717) is 10.6 Å². The van der Waals surface area contributed by atoms with Gasteiger partial charge in [0.05, 0.1) is 16.3 Å². The lowest BCUT2D eigenvalue weighted by molar-refractivity contribution is -0.114. The molecule has 0 aliphatic rings. The SMILES string of the molecule is Cc1ccc(S(=O)(=O)N(CC(=O)Nc2ccccc2F)c2cccc(Cl)c2C)cc1. The highest BCUT2D eigenvalue weighted by Gasteiger charge is 2.29. The maximum absolute atomic E-state index is 13.9. The van der Waals surface area contributed by atoms with E-state index in [1.807, 2.05) is 6.92 Å². The lowest BCUT2D eigenvalue weighted by Gasteiger charge is -2.26. The zero-order chi connectivity index (χ0) is 21.9. The Balaban J connectivity index is 2.02. The van der Waals surface area contributed by atoms with Crippen LogP contribution >= 0.6 is 11.6 Å². The minimum absolute atomic E-state index is 0.0296. The number of rotatable bonds is 6. The van der Waals surface area contributed by atoms with Gasteiger partial charge in [-0.25, -0.2) is 12.8 Å². The van der Waals surface area contributed by atoms with Crippen molar-refractivity contribution >= 4 is 38.9 Å². The molecule has 0 aliphatic carbocycles. The number of hydrogen-bond acceptors (Lipinski definition) is 3. The van der Waals surface area contributed by atoms with E-state index in [4.69, 9.17) is 11.6 Å². The second-order valence-electron chi connectivity index (χ2n) is 6.74. The normalized spacial score (nSPS) is 11.2. The summed E-state index contributed by atoms with van der Waals surface area (Å²) in [6.45, 7) is 2.97. The highest BCUT2D eigenvalue weighted by molar-refractivity contribution is 7.92. The van der Waals surface area contributed by atoms with Gasteiger partial charge in [0.25, 0.3) is 10.0 Å². The first kappa shape index (κ1) is 21.8. The maximum atomic E-state index is 13.9. The summed E-state index contributed by atoms with van der Waals surface area (Å²) in [5.41, 5.74) is 1.65. The summed E-state index contributed by atoms with van der Waals surface area (Å²) in [7, 11) is -4.09. The summed E-state index contributed by atoms with van der Waals surface area (Å²) < 4.78 is 41.7.